The first-order valence-electron chi connectivity index (χ1n) is 28.7. The van der Waals surface area contributed by atoms with Crippen LogP contribution in [0.15, 0.2) is 61.7 Å². The van der Waals surface area contributed by atoms with E-state index in [1.807, 2.05) is 42.5 Å². The van der Waals surface area contributed by atoms with Crippen molar-refractivity contribution in [1.82, 2.24) is 21.3 Å². The van der Waals surface area contributed by atoms with Crippen molar-refractivity contribution in [1.29, 1.82) is 0 Å². The molecule has 8 saturated carbocycles. The fourth-order valence-corrected chi connectivity index (χ4v) is 14.5. The molecule has 0 aliphatic heterocycles. The predicted molar refractivity (Wildman–Crippen MR) is 295 cm³/mol. The van der Waals surface area contributed by atoms with E-state index in [2.05, 4.69) is 34.4 Å². The van der Waals surface area contributed by atoms with E-state index in [0.29, 0.717) is 63.4 Å². The van der Waals surface area contributed by atoms with Gasteiger partial charge >= 0.3 is 24.3 Å². The summed E-state index contributed by atoms with van der Waals surface area (Å²) in [5.41, 5.74) is 15.4. The van der Waals surface area contributed by atoms with Crippen molar-refractivity contribution in [2.45, 2.75) is 153 Å². The van der Waals surface area contributed by atoms with Crippen molar-refractivity contribution in [3.63, 3.8) is 0 Å². The number of allylic oxidation sites excluding steroid dienone is 2. The molecule has 0 saturated heterocycles. The average Bonchev–Trinajstić information content (AvgIpc) is 3.54. The minimum absolute atomic E-state index is 0.132. The number of carbonyl (C=O) groups excluding carboxylic acids is 4. The summed E-state index contributed by atoms with van der Waals surface area (Å²) in [7, 11) is 0. The van der Waals surface area contributed by atoms with Crippen LogP contribution < -0.4 is 42.2 Å². The molecule has 8 bridgehead atoms. The number of nitrogens with one attached hydrogen (secondary N) is 4. The molecule has 10 rings (SSSR count). The van der Waals surface area contributed by atoms with Gasteiger partial charge in [-0.1, -0.05) is 24.3 Å². The lowest BCUT2D eigenvalue weighted by Gasteiger charge is -2.57. The molecule has 454 valence electrons. The molecule has 0 spiro atoms. The second-order valence-electron chi connectivity index (χ2n) is 23.9. The molecule has 2 atom stereocenters. The summed E-state index contributed by atoms with van der Waals surface area (Å²) < 4.78 is 75.9. The Morgan fingerprint density at radius 1 is 0.585 bits per heavy atom. The number of carboxylic acid groups (broad SMARTS) is 2. The molecule has 0 radical (unpaired) electrons. The van der Waals surface area contributed by atoms with E-state index < -0.39 is 36.4 Å². The van der Waals surface area contributed by atoms with Crippen molar-refractivity contribution in [3.8, 4) is 22.6 Å². The lowest BCUT2D eigenvalue weighted by atomic mass is 9.49. The molecule has 10 N–H and O–H groups in total. The third kappa shape index (κ3) is 18.9. The Labute approximate surface area is 475 Å². The minimum Gasteiger partial charge on any atom is -0.483 e. The predicted octanol–water partition coefficient (Wildman–Crippen LogP) is 8.73. The maximum absolute atomic E-state index is 13.7. The van der Waals surface area contributed by atoms with E-state index in [0.717, 1.165) is 83.4 Å². The summed E-state index contributed by atoms with van der Waals surface area (Å²) in [6.45, 7) is 9.79. The number of nitrogens with two attached hydrogens (primary N) is 2. The van der Waals surface area contributed by atoms with Gasteiger partial charge in [0.1, 0.15) is 23.6 Å². The van der Waals surface area contributed by atoms with Gasteiger partial charge in [-0.05, 0) is 229 Å². The molecule has 8 aliphatic carbocycles. The normalized spacial score (nSPS) is 25.2. The van der Waals surface area contributed by atoms with Gasteiger partial charge in [0.2, 0.25) is 11.8 Å². The van der Waals surface area contributed by atoms with Gasteiger partial charge in [0.15, 0.2) is 13.2 Å². The molecular formula is C60H82F6N6O10. The zero-order valence-corrected chi connectivity index (χ0v) is 46.6. The Morgan fingerprint density at radius 2 is 0.963 bits per heavy atom. The monoisotopic (exact) mass is 1160 g/mol. The number of benzene rings is 2. The van der Waals surface area contributed by atoms with Crippen LogP contribution in [0.2, 0.25) is 0 Å². The van der Waals surface area contributed by atoms with Crippen molar-refractivity contribution >= 4 is 35.6 Å². The number of unbranched alkanes of at least 4 members (excludes halogenated alkanes) is 2. The number of amides is 4. The Balaban J connectivity index is 0.000000686. The van der Waals surface area contributed by atoms with E-state index in [-0.39, 0.29) is 47.7 Å². The Bertz CT molecular complexity index is 2460. The van der Waals surface area contributed by atoms with Crippen molar-refractivity contribution in [2.24, 2.45) is 57.8 Å². The van der Waals surface area contributed by atoms with Gasteiger partial charge < -0.3 is 52.4 Å². The summed E-state index contributed by atoms with van der Waals surface area (Å²) >= 11 is 0. The number of hydrogen-bond acceptors (Lipinski definition) is 10. The number of alkyl halides is 6. The molecule has 16 nitrogen and oxygen atoms in total. The van der Waals surface area contributed by atoms with E-state index in [4.69, 9.17) is 40.7 Å². The van der Waals surface area contributed by atoms with Crippen molar-refractivity contribution < 1.29 is 74.8 Å². The van der Waals surface area contributed by atoms with Crippen molar-refractivity contribution in [3.05, 3.63) is 72.8 Å². The number of carboxylic acids is 2. The van der Waals surface area contributed by atoms with Gasteiger partial charge in [-0.2, -0.15) is 26.3 Å². The van der Waals surface area contributed by atoms with Crippen LogP contribution in [0.4, 0.5) is 26.3 Å². The molecule has 8 fully saturated rings. The van der Waals surface area contributed by atoms with Crippen LogP contribution in [0.25, 0.3) is 11.1 Å². The molecule has 0 heterocycles. The van der Waals surface area contributed by atoms with Crippen LogP contribution in [0.1, 0.15) is 127 Å². The number of rotatable bonds is 27. The third-order valence-corrected chi connectivity index (χ3v) is 17.2. The summed E-state index contributed by atoms with van der Waals surface area (Å²) in [4.78, 5) is 72.3. The third-order valence-electron chi connectivity index (χ3n) is 17.2. The molecular weight excluding hydrogens is 1080 g/mol. The fraction of sp³-hybridized carbons (Fsp3) is 0.633. The van der Waals surface area contributed by atoms with E-state index >= 15 is 0 Å². The maximum Gasteiger partial charge on any atom is 0.490 e. The topological polar surface area (TPSA) is 262 Å². The van der Waals surface area contributed by atoms with E-state index in [9.17, 15) is 45.5 Å². The first kappa shape index (κ1) is 65.0. The van der Waals surface area contributed by atoms with Gasteiger partial charge in [-0.25, -0.2) is 9.59 Å². The number of ether oxygens (including phenoxy) is 2. The van der Waals surface area contributed by atoms with E-state index in [1.54, 1.807) is 6.08 Å². The van der Waals surface area contributed by atoms with Gasteiger partial charge in [0, 0.05) is 18.7 Å². The first-order chi connectivity index (χ1) is 38.8. The largest absolute Gasteiger partial charge is 0.490 e. The second-order valence-corrected chi connectivity index (χ2v) is 23.9. The summed E-state index contributed by atoms with van der Waals surface area (Å²) in [6, 6.07) is 10.3. The Kier molecular flexibility index (Phi) is 23.3. The fourth-order valence-electron chi connectivity index (χ4n) is 14.5. The SMILES string of the molecule is C=CCc1ccc(OCC(=O)NC(CCCCN)C(=O)NCC23CC4CC(CC(C4)C2)C3)c(-c2ccc(OCC(=O)NC(CCCCN)C(=O)NCC34CC5CC(CC(C5)C3)C4)c(CC=C)c2)c1.O=C(O)C(F)(F)F.O=C(O)C(F)(F)F. The maximum atomic E-state index is 13.7. The summed E-state index contributed by atoms with van der Waals surface area (Å²) in [5.74, 6) is -0.712. The summed E-state index contributed by atoms with van der Waals surface area (Å²) in [6.07, 6.45) is 13.9. The standard InChI is InChI=1S/C56H80N6O6.2C2HF3O2/c1-3-9-37-13-15-50(68-34-52(64)62-48(12-6-8-18-58)54(66)60-36-56-30-41-22-42(31-56)24-43(23-41)32-56)46(25-37)44-14-16-49(45(26-44)10-4-2)67-33-51(63)61-47(11-5-7-17-57)53(65)59-35-55-27-38-19-39(28-55)21-40(20-38)29-55;2*3-2(4,5)1(6)7/h3-4,13-16,25-26,38-43,47-48H,1-2,5-12,17-24,27-36,57-58H2,(H,59,65)(H,60,66)(H,61,63)(H,62,64);2*(H,6,7). The molecule has 8 aliphatic rings. The van der Waals surface area contributed by atoms with E-state index in [1.165, 1.54) is 77.0 Å². The lowest BCUT2D eigenvalue weighted by molar-refractivity contribution is -0.193. The van der Waals surface area contributed by atoms with Gasteiger partial charge in [-0.15, -0.1) is 13.2 Å². The highest BCUT2D eigenvalue weighted by Crippen LogP contribution is 2.61. The Morgan fingerprint density at radius 3 is 1.33 bits per heavy atom. The molecule has 2 unspecified atom stereocenters. The first-order valence-corrected chi connectivity index (χ1v) is 28.7. The smallest absolute Gasteiger partial charge is 0.483 e. The van der Waals surface area contributed by atoms with Gasteiger partial charge in [0.05, 0.1) is 0 Å². The number of hydrogen-bond donors (Lipinski definition) is 8. The van der Waals surface area contributed by atoms with Crippen molar-refractivity contribution in [2.75, 3.05) is 39.4 Å². The van der Waals surface area contributed by atoms with Crippen LogP contribution in [0.5, 0.6) is 11.5 Å². The molecule has 0 aromatic heterocycles. The zero-order chi connectivity index (χ0) is 59.8. The summed E-state index contributed by atoms with van der Waals surface area (Å²) in [5, 5.41) is 26.8. The second kappa shape index (κ2) is 29.4. The Hall–Kier alpha value is -6.16. The number of halogens is 6. The van der Waals surface area contributed by atoms with Crippen LogP contribution >= 0.6 is 0 Å². The quantitative estimate of drug-likeness (QED) is 0.0237. The lowest BCUT2D eigenvalue weighted by Crippen LogP contribution is -2.54. The van der Waals surface area contributed by atoms with Gasteiger partial charge in [-0.3, -0.25) is 19.2 Å². The molecule has 2 aromatic rings. The zero-order valence-electron chi connectivity index (χ0n) is 46.6. The van der Waals surface area contributed by atoms with Crippen LogP contribution in [-0.2, 0) is 41.6 Å². The van der Waals surface area contributed by atoms with Crippen LogP contribution in [0.3, 0.4) is 0 Å². The molecule has 22 heteroatoms. The number of carbonyl (C=O) groups is 6. The molecule has 2 aromatic carbocycles. The average molecular weight is 1160 g/mol. The highest BCUT2D eigenvalue weighted by atomic mass is 19.4. The van der Waals surface area contributed by atoms with Crippen LogP contribution in [0, 0.1) is 46.3 Å². The highest BCUT2D eigenvalue weighted by molar-refractivity contribution is 5.89. The van der Waals surface area contributed by atoms with Crippen LogP contribution in [-0.4, -0.2) is 110 Å². The van der Waals surface area contributed by atoms with Gasteiger partial charge in [0.25, 0.3) is 11.8 Å². The minimum atomic E-state index is -5.08. The highest BCUT2D eigenvalue weighted by Gasteiger charge is 2.52. The molecule has 4 amide bonds. The molecule has 82 heavy (non-hydrogen) atoms. The number of aliphatic carboxylic acids is 2.